The molecule has 1 fully saturated rings. The van der Waals surface area contributed by atoms with E-state index in [1.54, 1.807) is 0 Å². The Balaban J connectivity index is 1.65. The molecule has 0 spiro atoms. The molecule has 1 aromatic heterocycles. The number of hydrogen-bond donors (Lipinski definition) is 1. The monoisotopic (exact) mass is 322 g/mol. The number of aryl methyl sites for hydroxylation is 1. The van der Waals surface area contributed by atoms with Crippen molar-refractivity contribution < 1.29 is 0 Å². The van der Waals surface area contributed by atoms with Crippen molar-refractivity contribution in [2.75, 3.05) is 24.5 Å². The molecule has 1 atom stereocenters. The number of benzene rings is 1. The summed E-state index contributed by atoms with van der Waals surface area (Å²) >= 11 is 0. The van der Waals surface area contributed by atoms with E-state index in [-0.39, 0.29) is 0 Å². The predicted molar refractivity (Wildman–Crippen MR) is 97.4 cm³/mol. The lowest BCUT2D eigenvalue weighted by Gasteiger charge is -2.32. The number of nitrogens with one attached hydrogen (secondary N) is 1. The molecule has 1 saturated heterocycles. The first-order valence-electron chi connectivity index (χ1n) is 9.18. The fourth-order valence-electron chi connectivity index (χ4n) is 3.92. The van der Waals surface area contributed by atoms with E-state index >= 15 is 0 Å². The SMILES string of the molecule is Cc1nc([C@H]2CCCNC2)nc2c1CCCN2Cc1ccccc1. The van der Waals surface area contributed by atoms with Gasteiger partial charge in [-0.2, -0.15) is 0 Å². The molecule has 0 unspecified atom stereocenters. The highest BCUT2D eigenvalue weighted by molar-refractivity contribution is 5.52. The molecule has 0 amide bonds. The number of fused-ring (bicyclic) bond motifs is 1. The van der Waals surface area contributed by atoms with E-state index in [2.05, 4.69) is 47.5 Å². The van der Waals surface area contributed by atoms with Crippen LogP contribution in [-0.4, -0.2) is 29.6 Å². The summed E-state index contributed by atoms with van der Waals surface area (Å²) in [4.78, 5) is 12.4. The van der Waals surface area contributed by atoms with E-state index in [0.717, 1.165) is 38.4 Å². The molecule has 1 aromatic carbocycles. The molecule has 2 aliphatic heterocycles. The van der Waals surface area contributed by atoms with Crippen LogP contribution in [0.25, 0.3) is 0 Å². The fourth-order valence-corrected chi connectivity index (χ4v) is 3.92. The van der Waals surface area contributed by atoms with Crippen LogP contribution in [0, 0.1) is 6.92 Å². The summed E-state index contributed by atoms with van der Waals surface area (Å²) in [6.07, 6.45) is 4.71. The average molecular weight is 322 g/mol. The molecule has 2 aliphatic rings. The Morgan fingerprint density at radius 1 is 1.17 bits per heavy atom. The molecule has 126 valence electrons. The topological polar surface area (TPSA) is 41.1 Å². The standard InChI is InChI=1S/C20H26N4/c1-15-18-10-6-12-24(14-16-7-3-2-4-8-16)20(18)23-19(22-15)17-9-5-11-21-13-17/h2-4,7-8,17,21H,5-6,9-14H2,1H3/t17-/m0/s1. The van der Waals surface area contributed by atoms with Gasteiger partial charge < -0.3 is 10.2 Å². The second-order valence-corrected chi connectivity index (χ2v) is 7.02. The van der Waals surface area contributed by atoms with Crippen molar-refractivity contribution in [2.45, 2.75) is 45.1 Å². The van der Waals surface area contributed by atoms with Crippen molar-refractivity contribution in [1.82, 2.24) is 15.3 Å². The summed E-state index contributed by atoms with van der Waals surface area (Å²) in [5, 5.41) is 3.49. The van der Waals surface area contributed by atoms with Gasteiger partial charge in [-0.05, 0) is 44.7 Å². The number of aromatic nitrogens is 2. The number of hydrogen-bond acceptors (Lipinski definition) is 4. The van der Waals surface area contributed by atoms with Gasteiger partial charge in [0, 0.05) is 36.8 Å². The highest BCUT2D eigenvalue weighted by Crippen LogP contribution is 2.31. The van der Waals surface area contributed by atoms with Gasteiger partial charge in [-0.1, -0.05) is 30.3 Å². The van der Waals surface area contributed by atoms with Crippen LogP contribution >= 0.6 is 0 Å². The maximum Gasteiger partial charge on any atom is 0.136 e. The summed E-state index contributed by atoms with van der Waals surface area (Å²) in [6.45, 7) is 6.32. The maximum atomic E-state index is 5.05. The second kappa shape index (κ2) is 6.89. The zero-order chi connectivity index (χ0) is 16.4. The van der Waals surface area contributed by atoms with Crippen LogP contribution < -0.4 is 10.2 Å². The minimum absolute atomic E-state index is 0.461. The minimum Gasteiger partial charge on any atom is -0.352 e. The van der Waals surface area contributed by atoms with Crippen molar-refractivity contribution in [2.24, 2.45) is 0 Å². The van der Waals surface area contributed by atoms with Crippen LogP contribution in [-0.2, 0) is 13.0 Å². The van der Waals surface area contributed by atoms with Gasteiger partial charge in [0.05, 0.1) is 0 Å². The van der Waals surface area contributed by atoms with Crippen LogP contribution in [0.15, 0.2) is 30.3 Å². The molecule has 24 heavy (non-hydrogen) atoms. The molecule has 3 heterocycles. The molecular weight excluding hydrogens is 296 g/mol. The number of anilines is 1. The van der Waals surface area contributed by atoms with Crippen LogP contribution in [0.5, 0.6) is 0 Å². The Morgan fingerprint density at radius 2 is 2.04 bits per heavy atom. The van der Waals surface area contributed by atoms with Crippen molar-refractivity contribution in [3.05, 3.63) is 53.0 Å². The van der Waals surface area contributed by atoms with Gasteiger partial charge in [0.15, 0.2) is 0 Å². The van der Waals surface area contributed by atoms with Crippen LogP contribution in [0.3, 0.4) is 0 Å². The van der Waals surface area contributed by atoms with E-state index < -0.39 is 0 Å². The average Bonchev–Trinajstić information content (AvgIpc) is 2.64. The first kappa shape index (κ1) is 15.6. The largest absolute Gasteiger partial charge is 0.352 e. The van der Waals surface area contributed by atoms with E-state index in [0.29, 0.717) is 5.92 Å². The summed E-state index contributed by atoms with van der Waals surface area (Å²) in [5.41, 5.74) is 3.88. The summed E-state index contributed by atoms with van der Waals surface area (Å²) < 4.78 is 0. The molecule has 2 aromatic rings. The zero-order valence-electron chi connectivity index (χ0n) is 14.5. The van der Waals surface area contributed by atoms with Crippen LogP contribution in [0.1, 0.15) is 47.8 Å². The Labute approximate surface area is 144 Å². The molecular formula is C20H26N4. The van der Waals surface area contributed by atoms with Gasteiger partial charge in [0.1, 0.15) is 11.6 Å². The molecule has 0 saturated carbocycles. The quantitative estimate of drug-likeness (QED) is 0.942. The molecule has 0 aliphatic carbocycles. The summed E-state index contributed by atoms with van der Waals surface area (Å²) in [7, 11) is 0. The van der Waals surface area contributed by atoms with Crippen LogP contribution in [0.4, 0.5) is 5.82 Å². The minimum atomic E-state index is 0.461. The van der Waals surface area contributed by atoms with E-state index in [1.807, 2.05) is 0 Å². The third-order valence-corrected chi connectivity index (χ3v) is 5.24. The van der Waals surface area contributed by atoms with Gasteiger partial charge in [0.2, 0.25) is 0 Å². The van der Waals surface area contributed by atoms with E-state index in [1.165, 1.54) is 41.9 Å². The van der Waals surface area contributed by atoms with Gasteiger partial charge in [-0.15, -0.1) is 0 Å². The Hall–Kier alpha value is -1.94. The lowest BCUT2D eigenvalue weighted by Crippen LogP contribution is -2.33. The van der Waals surface area contributed by atoms with Gasteiger partial charge >= 0.3 is 0 Å². The molecule has 4 heteroatoms. The fraction of sp³-hybridized carbons (Fsp3) is 0.500. The third kappa shape index (κ3) is 3.16. The van der Waals surface area contributed by atoms with Gasteiger partial charge in [0.25, 0.3) is 0 Å². The molecule has 4 nitrogen and oxygen atoms in total. The zero-order valence-corrected chi connectivity index (χ0v) is 14.5. The number of rotatable bonds is 3. The first-order valence-corrected chi connectivity index (χ1v) is 9.18. The molecule has 0 radical (unpaired) electrons. The van der Waals surface area contributed by atoms with Crippen molar-refractivity contribution >= 4 is 5.82 Å². The van der Waals surface area contributed by atoms with Crippen molar-refractivity contribution in [3.63, 3.8) is 0 Å². The Bertz CT molecular complexity index is 692. The smallest absolute Gasteiger partial charge is 0.136 e. The predicted octanol–water partition coefficient (Wildman–Crippen LogP) is 3.20. The summed E-state index contributed by atoms with van der Waals surface area (Å²) in [6, 6.07) is 10.7. The Kier molecular flexibility index (Phi) is 4.48. The Morgan fingerprint density at radius 3 is 2.83 bits per heavy atom. The second-order valence-electron chi connectivity index (χ2n) is 7.02. The lowest BCUT2D eigenvalue weighted by atomic mass is 9.97. The molecule has 1 N–H and O–H groups in total. The first-order chi connectivity index (χ1) is 11.8. The highest BCUT2D eigenvalue weighted by Gasteiger charge is 2.25. The molecule has 4 rings (SSSR count). The van der Waals surface area contributed by atoms with Crippen molar-refractivity contribution in [3.8, 4) is 0 Å². The van der Waals surface area contributed by atoms with E-state index in [9.17, 15) is 0 Å². The normalized spacial score (nSPS) is 20.7. The summed E-state index contributed by atoms with van der Waals surface area (Å²) in [5.74, 6) is 2.68. The van der Waals surface area contributed by atoms with Crippen LogP contribution in [0.2, 0.25) is 0 Å². The maximum absolute atomic E-state index is 5.05. The lowest BCUT2D eigenvalue weighted by molar-refractivity contribution is 0.444. The number of piperidine rings is 1. The third-order valence-electron chi connectivity index (χ3n) is 5.24. The van der Waals surface area contributed by atoms with Gasteiger partial charge in [-0.3, -0.25) is 0 Å². The molecule has 0 bridgehead atoms. The number of nitrogens with zero attached hydrogens (tertiary/aromatic N) is 3. The highest BCUT2D eigenvalue weighted by atomic mass is 15.2. The van der Waals surface area contributed by atoms with E-state index in [4.69, 9.17) is 9.97 Å². The van der Waals surface area contributed by atoms with Gasteiger partial charge in [-0.25, -0.2) is 9.97 Å². The van der Waals surface area contributed by atoms with Crippen molar-refractivity contribution in [1.29, 1.82) is 0 Å².